The number of aryl methyl sites for hydroxylation is 2. The van der Waals surface area contributed by atoms with Crippen molar-refractivity contribution in [3.05, 3.63) is 59.3 Å². The summed E-state index contributed by atoms with van der Waals surface area (Å²) in [6, 6.07) is 13.1. The molecule has 3 rings (SSSR count). The molecule has 0 aliphatic carbocycles. The molecule has 3 aromatic rings. The van der Waals surface area contributed by atoms with Crippen molar-refractivity contribution in [2.75, 3.05) is 20.8 Å². The minimum absolute atomic E-state index is 0.176. The third-order valence-corrected chi connectivity index (χ3v) is 4.60. The van der Waals surface area contributed by atoms with E-state index in [1.165, 1.54) is 0 Å². The summed E-state index contributed by atoms with van der Waals surface area (Å²) in [6.45, 7) is 1.57. The number of carbonyl (C=O) groups excluding carboxylic acids is 2. The zero-order valence-electron chi connectivity index (χ0n) is 16.2. The third kappa shape index (κ3) is 4.17. The first-order chi connectivity index (χ1) is 13.5. The Hall–Kier alpha value is -3.28. The van der Waals surface area contributed by atoms with E-state index in [1.807, 2.05) is 43.3 Å². The van der Waals surface area contributed by atoms with Gasteiger partial charge in [0.1, 0.15) is 0 Å². The van der Waals surface area contributed by atoms with E-state index < -0.39 is 5.97 Å². The first kappa shape index (κ1) is 19.5. The molecule has 0 atom stereocenters. The van der Waals surface area contributed by atoms with Gasteiger partial charge in [-0.2, -0.15) is 0 Å². The van der Waals surface area contributed by atoms with Crippen molar-refractivity contribution in [2.24, 2.45) is 0 Å². The van der Waals surface area contributed by atoms with Crippen LogP contribution in [0.1, 0.15) is 28.0 Å². The first-order valence-electron chi connectivity index (χ1n) is 9.00. The number of methoxy groups -OCH3 is 2. The Kier molecular flexibility index (Phi) is 5.99. The van der Waals surface area contributed by atoms with Gasteiger partial charge in [0.15, 0.2) is 18.1 Å². The highest BCUT2D eigenvalue weighted by Gasteiger charge is 2.17. The number of rotatable bonds is 8. The Morgan fingerprint density at radius 2 is 1.75 bits per heavy atom. The number of ketones is 1. The number of carbonyl (C=O) groups is 2. The van der Waals surface area contributed by atoms with Gasteiger partial charge in [-0.25, -0.2) is 0 Å². The van der Waals surface area contributed by atoms with Gasteiger partial charge < -0.3 is 19.2 Å². The maximum absolute atomic E-state index is 12.5. The van der Waals surface area contributed by atoms with Crippen LogP contribution in [0.4, 0.5) is 0 Å². The zero-order chi connectivity index (χ0) is 20.1. The first-order valence-corrected chi connectivity index (χ1v) is 9.00. The van der Waals surface area contributed by atoms with Crippen molar-refractivity contribution in [1.82, 2.24) is 4.98 Å². The second-order valence-electron chi connectivity index (χ2n) is 6.44. The maximum Gasteiger partial charge on any atom is 0.306 e. The normalized spacial score (nSPS) is 10.7. The largest absolute Gasteiger partial charge is 0.493 e. The summed E-state index contributed by atoms with van der Waals surface area (Å²) in [4.78, 5) is 27.8. The summed E-state index contributed by atoms with van der Waals surface area (Å²) < 4.78 is 15.7. The van der Waals surface area contributed by atoms with Crippen LogP contribution in [0, 0.1) is 6.92 Å². The molecule has 146 valence electrons. The second-order valence-corrected chi connectivity index (χ2v) is 6.44. The standard InChI is InChI=1S/C22H23NO5/c1-14-22(16-6-4-5-7-17(16)23-14)18(24)13-28-21(25)11-9-15-8-10-19(26-2)20(12-15)27-3/h4-8,10,12,23H,9,11,13H2,1-3H3. The predicted molar refractivity (Wildman–Crippen MR) is 106 cm³/mol. The molecule has 6 nitrogen and oxygen atoms in total. The van der Waals surface area contributed by atoms with Crippen LogP contribution >= 0.6 is 0 Å². The van der Waals surface area contributed by atoms with E-state index in [0.717, 1.165) is 22.2 Å². The highest BCUT2D eigenvalue weighted by atomic mass is 16.5. The van der Waals surface area contributed by atoms with E-state index in [2.05, 4.69) is 4.98 Å². The lowest BCUT2D eigenvalue weighted by Crippen LogP contribution is -2.15. The summed E-state index contributed by atoms with van der Waals surface area (Å²) in [5, 5.41) is 0.839. The van der Waals surface area contributed by atoms with Crippen LogP contribution in [-0.4, -0.2) is 37.6 Å². The molecule has 0 radical (unpaired) electrons. The van der Waals surface area contributed by atoms with Crippen LogP contribution < -0.4 is 9.47 Å². The number of hydrogen-bond acceptors (Lipinski definition) is 5. The average Bonchev–Trinajstić information content (AvgIpc) is 3.05. The smallest absolute Gasteiger partial charge is 0.306 e. The SMILES string of the molecule is COc1ccc(CCC(=O)OCC(=O)c2c(C)[nH]c3ccccc23)cc1OC. The third-order valence-electron chi connectivity index (χ3n) is 4.60. The number of esters is 1. The molecule has 0 spiro atoms. The lowest BCUT2D eigenvalue weighted by atomic mass is 10.1. The Balaban J connectivity index is 1.57. The lowest BCUT2D eigenvalue weighted by molar-refractivity contribution is -0.142. The molecule has 0 aliphatic heterocycles. The summed E-state index contributed by atoms with van der Waals surface area (Å²) in [6.07, 6.45) is 0.662. The monoisotopic (exact) mass is 381 g/mol. The maximum atomic E-state index is 12.5. The molecule has 0 bridgehead atoms. The molecule has 0 saturated heterocycles. The minimum atomic E-state index is -0.416. The van der Waals surface area contributed by atoms with Gasteiger partial charge in [-0.1, -0.05) is 24.3 Å². The number of benzene rings is 2. The van der Waals surface area contributed by atoms with E-state index in [9.17, 15) is 9.59 Å². The average molecular weight is 381 g/mol. The molecule has 28 heavy (non-hydrogen) atoms. The Morgan fingerprint density at radius 1 is 1.00 bits per heavy atom. The number of aromatic amines is 1. The van der Waals surface area contributed by atoms with Gasteiger partial charge in [-0.05, 0) is 37.1 Å². The van der Waals surface area contributed by atoms with Gasteiger partial charge in [0.05, 0.1) is 14.2 Å². The van der Waals surface area contributed by atoms with Crippen LogP contribution in [0.15, 0.2) is 42.5 Å². The van der Waals surface area contributed by atoms with E-state index in [0.29, 0.717) is 23.5 Å². The van der Waals surface area contributed by atoms with Crippen molar-refractivity contribution < 1.29 is 23.8 Å². The van der Waals surface area contributed by atoms with Gasteiger partial charge in [0.25, 0.3) is 0 Å². The van der Waals surface area contributed by atoms with Crippen LogP contribution in [0.3, 0.4) is 0 Å². The van der Waals surface area contributed by atoms with Crippen LogP contribution in [0.25, 0.3) is 10.9 Å². The summed E-state index contributed by atoms with van der Waals surface area (Å²) in [5.74, 6) is 0.613. The fraction of sp³-hybridized carbons (Fsp3) is 0.273. The van der Waals surface area contributed by atoms with Crippen molar-refractivity contribution in [3.8, 4) is 11.5 Å². The van der Waals surface area contributed by atoms with E-state index >= 15 is 0 Å². The molecule has 1 N–H and O–H groups in total. The molecule has 2 aromatic carbocycles. The Morgan fingerprint density at radius 3 is 2.50 bits per heavy atom. The molecule has 6 heteroatoms. The number of H-pyrrole nitrogens is 1. The Bertz CT molecular complexity index is 1010. The number of ether oxygens (including phenoxy) is 3. The lowest BCUT2D eigenvalue weighted by Gasteiger charge is -2.09. The number of para-hydroxylation sites is 1. The second kappa shape index (κ2) is 8.61. The van der Waals surface area contributed by atoms with E-state index in [1.54, 1.807) is 20.3 Å². The molecular formula is C22H23NO5. The number of fused-ring (bicyclic) bond motifs is 1. The van der Waals surface area contributed by atoms with Crippen molar-refractivity contribution in [3.63, 3.8) is 0 Å². The number of aromatic nitrogens is 1. The van der Waals surface area contributed by atoms with E-state index in [4.69, 9.17) is 14.2 Å². The van der Waals surface area contributed by atoms with Crippen LogP contribution in [-0.2, 0) is 16.0 Å². The molecule has 0 fully saturated rings. The quantitative estimate of drug-likeness (QED) is 0.474. The summed E-state index contributed by atoms with van der Waals surface area (Å²) in [7, 11) is 3.13. The van der Waals surface area contributed by atoms with Gasteiger partial charge in [0.2, 0.25) is 5.78 Å². The van der Waals surface area contributed by atoms with Gasteiger partial charge in [-0.15, -0.1) is 0 Å². The molecule has 0 unspecified atom stereocenters. The summed E-state index contributed by atoms with van der Waals surface area (Å²) >= 11 is 0. The molecule has 1 aromatic heterocycles. The van der Waals surface area contributed by atoms with Crippen LogP contribution in [0.5, 0.6) is 11.5 Å². The van der Waals surface area contributed by atoms with Gasteiger partial charge >= 0.3 is 5.97 Å². The van der Waals surface area contributed by atoms with E-state index in [-0.39, 0.29) is 18.8 Å². The fourth-order valence-corrected chi connectivity index (χ4v) is 3.21. The minimum Gasteiger partial charge on any atom is -0.493 e. The molecule has 0 aliphatic rings. The molecular weight excluding hydrogens is 358 g/mol. The van der Waals surface area contributed by atoms with Crippen molar-refractivity contribution in [1.29, 1.82) is 0 Å². The highest BCUT2D eigenvalue weighted by molar-refractivity contribution is 6.10. The van der Waals surface area contributed by atoms with Crippen LogP contribution in [0.2, 0.25) is 0 Å². The molecule has 0 amide bonds. The molecule has 1 heterocycles. The predicted octanol–water partition coefficient (Wildman–Crippen LogP) is 3.85. The topological polar surface area (TPSA) is 77.6 Å². The van der Waals surface area contributed by atoms with Crippen molar-refractivity contribution >= 4 is 22.7 Å². The van der Waals surface area contributed by atoms with Gasteiger partial charge in [0, 0.05) is 28.6 Å². The zero-order valence-corrected chi connectivity index (χ0v) is 16.2. The summed E-state index contributed by atoms with van der Waals surface area (Å²) in [5.41, 5.74) is 3.16. The molecule has 0 saturated carbocycles. The van der Waals surface area contributed by atoms with Crippen molar-refractivity contribution in [2.45, 2.75) is 19.8 Å². The van der Waals surface area contributed by atoms with Gasteiger partial charge in [-0.3, -0.25) is 9.59 Å². The fourth-order valence-electron chi connectivity index (χ4n) is 3.21. The Labute approximate surface area is 163 Å². The number of hydrogen-bond donors (Lipinski definition) is 1. The number of Topliss-reactive ketones (excluding diaryl/α,β-unsaturated/α-hetero) is 1. The highest BCUT2D eigenvalue weighted by Crippen LogP contribution is 2.28. The number of nitrogens with one attached hydrogen (secondary N) is 1.